The fourth-order valence-electron chi connectivity index (χ4n) is 3.11. The third kappa shape index (κ3) is 3.21. The van der Waals surface area contributed by atoms with Gasteiger partial charge in [-0.3, -0.25) is 9.78 Å². The number of benzene rings is 1. The van der Waals surface area contributed by atoms with Gasteiger partial charge in [-0.1, -0.05) is 18.2 Å². The van der Waals surface area contributed by atoms with Gasteiger partial charge in [0.15, 0.2) is 0 Å². The molecule has 0 fully saturated rings. The van der Waals surface area contributed by atoms with Crippen molar-refractivity contribution in [2.75, 3.05) is 16.8 Å². The summed E-state index contributed by atoms with van der Waals surface area (Å²) in [6, 6.07) is 15.8. The number of anilines is 3. The van der Waals surface area contributed by atoms with Gasteiger partial charge in [0.2, 0.25) is 0 Å². The molecule has 5 nitrogen and oxygen atoms in total. The van der Waals surface area contributed by atoms with Crippen molar-refractivity contribution in [1.29, 1.82) is 0 Å². The van der Waals surface area contributed by atoms with E-state index >= 15 is 0 Å². The molecule has 1 aliphatic rings. The summed E-state index contributed by atoms with van der Waals surface area (Å²) >= 11 is 0. The summed E-state index contributed by atoms with van der Waals surface area (Å²) in [5.74, 6) is 0.319. The highest BCUT2D eigenvalue weighted by Gasteiger charge is 2.18. The minimum absolute atomic E-state index is 0.211. The molecule has 0 atom stereocenters. The minimum Gasteiger partial charge on any atom is -0.340 e. The van der Waals surface area contributed by atoms with Crippen molar-refractivity contribution < 1.29 is 4.79 Å². The first-order valence-corrected chi connectivity index (χ1v) is 8.34. The van der Waals surface area contributed by atoms with Crippen molar-refractivity contribution in [3.05, 3.63) is 78.2 Å². The Balaban J connectivity index is 1.52. The van der Waals surface area contributed by atoms with Crippen LogP contribution in [0.4, 0.5) is 17.2 Å². The third-order valence-corrected chi connectivity index (χ3v) is 4.34. The number of aromatic nitrogens is 2. The molecular formula is C20H18N4O. The van der Waals surface area contributed by atoms with Crippen LogP contribution in [0, 0.1) is 0 Å². The molecule has 25 heavy (non-hydrogen) atoms. The smallest absolute Gasteiger partial charge is 0.258 e. The maximum atomic E-state index is 12.2. The molecule has 0 saturated carbocycles. The van der Waals surface area contributed by atoms with Crippen molar-refractivity contribution in [3.8, 4) is 0 Å². The lowest BCUT2D eigenvalue weighted by Crippen LogP contribution is -2.24. The van der Waals surface area contributed by atoms with Crippen LogP contribution in [-0.4, -0.2) is 22.4 Å². The summed E-state index contributed by atoms with van der Waals surface area (Å²) in [4.78, 5) is 22.8. The average Bonchev–Trinajstić information content (AvgIpc) is 2.69. The molecule has 1 aliphatic heterocycles. The van der Waals surface area contributed by atoms with Crippen LogP contribution in [0.3, 0.4) is 0 Å². The van der Waals surface area contributed by atoms with Crippen LogP contribution in [0.15, 0.2) is 67.1 Å². The molecule has 1 amide bonds. The predicted molar refractivity (Wildman–Crippen MR) is 98.2 cm³/mol. The molecule has 0 spiro atoms. The molecule has 0 unspecified atom stereocenters. The van der Waals surface area contributed by atoms with E-state index < -0.39 is 0 Å². The molecule has 0 bridgehead atoms. The largest absolute Gasteiger partial charge is 0.340 e. The van der Waals surface area contributed by atoms with E-state index in [0.29, 0.717) is 11.4 Å². The van der Waals surface area contributed by atoms with E-state index in [1.807, 2.05) is 12.1 Å². The third-order valence-electron chi connectivity index (χ3n) is 4.34. The first kappa shape index (κ1) is 15.3. The zero-order chi connectivity index (χ0) is 17.1. The molecule has 3 heterocycles. The number of carbonyl (C=O) groups is 1. The summed E-state index contributed by atoms with van der Waals surface area (Å²) in [6.07, 6.45) is 7.21. The Morgan fingerprint density at radius 3 is 2.76 bits per heavy atom. The molecule has 0 saturated heterocycles. The predicted octanol–water partition coefficient (Wildman–Crippen LogP) is 3.81. The first-order valence-electron chi connectivity index (χ1n) is 8.34. The van der Waals surface area contributed by atoms with Gasteiger partial charge in [-0.05, 0) is 48.7 Å². The van der Waals surface area contributed by atoms with Crippen molar-refractivity contribution >= 4 is 23.1 Å². The lowest BCUT2D eigenvalue weighted by atomic mass is 10.0. The van der Waals surface area contributed by atoms with Crippen LogP contribution in [0.2, 0.25) is 0 Å². The second-order valence-corrected chi connectivity index (χ2v) is 5.98. The van der Waals surface area contributed by atoms with E-state index in [2.05, 4.69) is 44.5 Å². The normalized spacial score (nSPS) is 13.2. The van der Waals surface area contributed by atoms with Gasteiger partial charge >= 0.3 is 0 Å². The number of nitrogens with zero attached hydrogens (tertiary/aromatic N) is 3. The first-order chi connectivity index (χ1) is 12.3. The Labute approximate surface area is 146 Å². The van der Waals surface area contributed by atoms with Crippen molar-refractivity contribution in [1.82, 2.24) is 9.97 Å². The Hall–Kier alpha value is -3.21. The van der Waals surface area contributed by atoms with Gasteiger partial charge < -0.3 is 10.2 Å². The number of para-hydroxylation sites is 1. The van der Waals surface area contributed by atoms with E-state index in [1.165, 1.54) is 17.4 Å². The molecular weight excluding hydrogens is 312 g/mol. The number of aryl methyl sites for hydroxylation is 1. The summed E-state index contributed by atoms with van der Waals surface area (Å²) in [7, 11) is 0. The van der Waals surface area contributed by atoms with Crippen LogP contribution in [-0.2, 0) is 6.42 Å². The van der Waals surface area contributed by atoms with Gasteiger partial charge in [0.05, 0.1) is 17.4 Å². The fourth-order valence-corrected chi connectivity index (χ4v) is 3.11. The number of rotatable bonds is 3. The van der Waals surface area contributed by atoms with E-state index in [0.717, 1.165) is 25.1 Å². The van der Waals surface area contributed by atoms with Gasteiger partial charge in [-0.2, -0.15) is 0 Å². The van der Waals surface area contributed by atoms with E-state index in [4.69, 9.17) is 0 Å². The zero-order valence-corrected chi connectivity index (χ0v) is 13.7. The second-order valence-electron chi connectivity index (χ2n) is 5.98. The van der Waals surface area contributed by atoms with E-state index in [9.17, 15) is 4.79 Å². The second kappa shape index (κ2) is 6.73. The van der Waals surface area contributed by atoms with Gasteiger partial charge in [0.1, 0.15) is 5.82 Å². The van der Waals surface area contributed by atoms with Crippen LogP contribution in [0.5, 0.6) is 0 Å². The van der Waals surface area contributed by atoms with Crippen molar-refractivity contribution in [2.24, 2.45) is 0 Å². The monoisotopic (exact) mass is 330 g/mol. The molecule has 1 aromatic carbocycles. The van der Waals surface area contributed by atoms with E-state index in [1.54, 1.807) is 24.5 Å². The lowest BCUT2D eigenvalue weighted by molar-refractivity contribution is 0.102. The molecule has 2 aromatic heterocycles. The highest BCUT2D eigenvalue weighted by molar-refractivity contribution is 6.03. The molecule has 5 heteroatoms. The fraction of sp³-hybridized carbons (Fsp3) is 0.150. The quantitative estimate of drug-likeness (QED) is 0.793. The number of fused-ring (bicyclic) bond motifs is 1. The number of hydrogen-bond donors (Lipinski definition) is 1. The molecule has 1 N–H and O–H groups in total. The number of pyridine rings is 2. The minimum atomic E-state index is -0.211. The highest BCUT2D eigenvalue weighted by atomic mass is 16.1. The van der Waals surface area contributed by atoms with Crippen LogP contribution < -0.4 is 10.2 Å². The Morgan fingerprint density at radius 1 is 1.04 bits per heavy atom. The highest BCUT2D eigenvalue weighted by Crippen LogP contribution is 2.33. The van der Waals surface area contributed by atoms with Gasteiger partial charge in [-0.15, -0.1) is 0 Å². The molecule has 4 rings (SSSR count). The molecule has 3 aromatic rings. The molecule has 124 valence electrons. The topological polar surface area (TPSA) is 58.1 Å². The van der Waals surface area contributed by atoms with Gasteiger partial charge in [-0.25, -0.2) is 4.98 Å². The van der Waals surface area contributed by atoms with Gasteiger partial charge in [0, 0.05) is 24.6 Å². The Morgan fingerprint density at radius 2 is 1.96 bits per heavy atom. The number of amides is 1. The van der Waals surface area contributed by atoms with Crippen LogP contribution >= 0.6 is 0 Å². The maximum absolute atomic E-state index is 12.2. The summed E-state index contributed by atoms with van der Waals surface area (Å²) in [6.45, 7) is 0.972. The lowest BCUT2D eigenvalue weighted by Gasteiger charge is -2.31. The molecule has 0 radical (unpaired) electrons. The van der Waals surface area contributed by atoms with Crippen molar-refractivity contribution in [2.45, 2.75) is 12.8 Å². The SMILES string of the molecule is O=C(Nc1ccc(N2CCCc3ccccc32)cn1)c1cccnc1. The van der Waals surface area contributed by atoms with E-state index in [-0.39, 0.29) is 5.91 Å². The zero-order valence-electron chi connectivity index (χ0n) is 13.7. The summed E-state index contributed by atoms with van der Waals surface area (Å²) < 4.78 is 0. The standard InChI is InChI=1S/C20H18N4O/c25-20(16-6-3-11-21-13-16)23-19-10-9-17(14-22-19)24-12-4-7-15-5-1-2-8-18(15)24/h1-3,5-6,8-11,13-14H,4,7,12H2,(H,22,23,25). The van der Waals surface area contributed by atoms with Gasteiger partial charge in [0.25, 0.3) is 5.91 Å². The Bertz CT molecular complexity index is 878. The number of hydrogen-bond acceptors (Lipinski definition) is 4. The summed E-state index contributed by atoms with van der Waals surface area (Å²) in [5.41, 5.74) is 4.15. The maximum Gasteiger partial charge on any atom is 0.258 e. The molecule has 0 aliphatic carbocycles. The summed E-state index contributed by atoms with van der Waals surface area (Å²) in [5, 5.41) is 2.80. The van der Waals surface area contributed by atoms with Crippen molar-refractivity contribution in [3.63, 3.8) is 0 Å². The number of nitrogens with one attached hydrogen (secondary N) is 1. The Kier molecular flexibility index (Phi) is 4.12. The average molecular weight is 330 g/mol. The van der Waals surface area contributed by atoms with Crippen LogP contribution in [0.25, 0.3) is 0 Å². The number of carbonyl (C=O) groups excluding carboxylic acids is 1. The van der Waals surface area contributed by atoms with Crippen LogP contribution in [0.1, 0.15) is 22.3 Å².